The van der Waals surface area contributed by atoms with E-state index < -0.39 is 17.7 Å². The second kappa shape index (κ2) is 10.3. The second-order valence-corrected chi connectivity index (χ2v) is 10.7. The van der Waals surface area contributed by atoms with Crippen LogP contribution in [0.1, 0.15) is 91.9 Å². The van der Waals surface area contributed by atoms with Gasteiger partial charge in [0.1, 0.15) is 17.7 Å². The zero-order valence-corrected chi connectivity index (χ0v) is 19.3. The summed E-state index contributed by atoms with van der Waals surface area (Å²) in [4.78, 5) is 25.0. The van der Waals surface area contributed by atoms with Crippen LogP contribution in [-0.4, -0.2) is 42.5 Å². The summed E-state index contributed by atoms with van der Waals surface area (Å²) >= 11 is 0. The molecule has 3 aliphatic rings. The van der Waals surface area contributed by atoms with Crippen LogP contribution >= 0.6 is 0 Å². The molecule has 3 rings (SSSR count). The average molecular weight is 424 g/mol. The highest BCUT2D eigenvalue weighted by atomic mass is 16.6. The maximum atomic E-state index is 12.8. The molecule has 0 spiro atoms. The fourth-order valence-electron chi connectivity index (χ4n) is 4.89. The lowest BCUT2D eigenvalue weighted by Gasteiger charge is -2.32. The summed E-state index contributed by atoms with van der Waals surface area (Å²) in [5, 5.41) is 2.73. The monoisotopic (exact) mass is 423 g/mol. The first-order valence-corrected chi connectivity index (χ1v) is 12.0. The van der Waals surface area contributed by atoms with E-state index in [0.29, 0.717) is 18.3 Å². The minimum atomic E-state index is -0.670. The van der Waals surface area contributed by atoms with Gasteiger partial charge in [-0.3, -0.25) is 0 Å². The van der Waals surface area contributed by atoms with Crippen LogP contribution in [0.2, 0.25) is 0 Å². The molecular weight excluding hydrogens is 382 g/mol. The fraction of sp³-hybridized carbons (Fsp3) is 0.917. The van der Waals surface area contributed by atoms with Crippen molar-refractivity contribution in [1.82, 2.24) is 5.32 Å². The summed E-state index contributed by atoms with van der Waals surface area (Å²) in [5.74, 6) is 1.46. The molecule has 172 valence electrons. The zero-order chi connectivity index (χ0) is 21.7. The van der Waals surface area contributed by atoms with Gasteiger partial charge in [-0.05, 0) is 77.6 Å². The minimum Gasteiger partial charge on any atom is -0.458 e. The maximum Gasteiger partial charge on any atom is 0.408 e. The smallest absolute Gasteiger partial charge is 0.408 e. The molecule has 6 heteroatoms. The van der Waals surface area contributed by atoms with Gasteiger partial charge in [0.25, 0.3) is 0 Å². The number of hydrogen-bond acceptors (Lipinski definition) is 5. The number of nitrogens with one attached hydrogen (secondary N) is 1. The lowest BCUT2D eigenvalue weighted by molar-refractivity contribution is -0.161. The Labute approximate surface area is 181 Å². The number of amides is 1. The van der Waals surface area contributed by atoms with E-state index >= 15 is 0 Å². The topological polar surface area (TPSA) is 73.9 Å². The fourth-order valence-corrected chi connectivity index (χ4v) is 4.89. The molecule has 2 saturated carbocycles. The molecule has 3 fully saturated rings. The molecule has 2 aliphatic carbocycles. The van der Waals surface area contributed by atoms with Gasteiger partial charge in [-0.2, -0.15) is 0 Å². The first-order chi connectivity index (χ1) is 14.2. The van der Waals surface area contributed by atoms with E-state index in [2.05, 4.69) is 5.32 Å². The van der Waals surface area contributed by atoms with E-state index in [9.17, 15) is 9.59 Å². The summed E-state index contributed by atoms with van der Waals surface area (Å²) in [6.45, 7) is 8.16. The Morgan fingerprint density at radius 2 is 1.73 bits per heavy atom. The Morgan fingerprint density at radius 3 is 2.37 bits per heavy atom. The minimum absolute atomic E-state index is 0.0598. The van der Waals surface area contributed by atoms with E-state index in [-0.39, 0.29) is 18.2 Å². The molecule has 1 saturated heterocycles. The molecule has 1 aliphatic heterocycles. The predicted octanol–water partition coefficient (Wildman–Crippen LogP) is 4.99. The van der Waals surface area contributed by atoms with Crippen molar-refractivity contribution in [1.29, 1.82) is 0 Å². The van der Waals surface area contributed by atoms with Crippen LogP contribution in [0, 0.1) is 17.8 Å². The van der Waals surface area contributed by atoms with Gasteiger partial charge in [-0.25, -0.2) is 9.59 Å². The number of carbonyl (C=O) groups excluding carboxylic acids is 2. The summed E-state index contributed by atoms with van der Waals surface area (Å²) in [7, 11) is 0. The predicted molar refractivity (Wildman–Crippen MR) is 115 cm³/mol. The number of hydrogen-bond donors (Lipinski definition) is 1. The molecule has 0 aromatic carbocycles. The lowest BCUT2D eigenvalue weighted by Crippen LogP contribution is -2.46. The van der Waals surface area contributed by atoms with Gasteiger partial charge < -0.3 is 19.5 Å². The van der Waals surface area contributed by atoms with Gasteiger partial charge in [0, 0.05) is 6.61 Å². The van der Waals surface area contributed by atoms with E-state index in [4.69, 9.17) is 14.2 Å². The van der Waals surface area contributed by atoms with Crippen LogP contribution in [0.15, 0.2) is 0 Å². The number of alkyl carbamates (subject to hydrolysis) is 1. The SMILES string of the molecule is C[C@@H]1OC(=O)[C@@H](NC(=O)OC(C)(C)C)CCC[C@H](CC2CCCC2)[C@H]1OCC1CC1. The van der Waals surface area contributed by atoms with E-state index in [1.165, 1.54) is 38.5 Å². The van der Waals surface area contributed by atoms with Crippen LogP contribution in [0.3, 0.4) is 0 Å². The van der Waals surface area contributed by atoms with Gasteiger partial charge in [0.05, 0.1) is 6.10 Å². The van der Waals surface area contributed by atoms with E-state index in [1.807, 2.05) is 27.7 Å². The highest BCUT2D eigenvalue weighted by Gasteiger charge is 2.37. The van der Waals surface area contributed by atoms with E-state index in [0.717, 1.165) is 31.8 Å². The molecule has 1 heterocycles. The Hall–Kier alpha value is -1.30. The highest BCUT2D eigenvalue weighted by Crippen LogP contribution is 2.37. The number of carbonyl (C=O) groups is 2. The number of cyclic esters (lactones) is 1. The normalized spacial score (nSPS) is 31.4. The van der Waals surface area contributed by atoms with Gasteiger partial charge in [-0.15, -0.1) is 0 Å². The first-order valence-electron chi connectivity index (χ1n) is 12.0. The van der Waals surface area contributed by atoms with Crippen LogP contribution in [0.5, 0.6) is 0 Å². The van der Waals surface area contributed by atoms with Crippen LogP contribution in [0.4, 0.5) is 4.79 Å². The molecular formula is C24H41NO5. The average Bonchev–Trinajstić information content (AvgIpc) is 3.31. The van der Waals surface area contributed by atoms with Crippen molar-refractivity contribution in [3.8, 4) is 0 Å². The van der Waals surface area contributed by atoms with Crippen molar-refractivity contribution in [3.05, 3.63) is 0 Å². The van der Waals surface area contributed by atoms with Crippen molar-refractivity contribution in [2.45, 2.75) is 116 Å². The van der Waals surface area contributed by atoms with Crippen LogP contribution in [0.25, 0.3) is 0 Å². The summed E-state index contributed by atoms with van der Waals surface area (Å²) in [5.41, 5.74) is -0.603. The number of esters is 1. The first kappa shape index (κ1) is 23.4. The van der Waals surface area contributed by atoms with Gasteiger partial charge in [0.2, 0.25) is 0 Å². The third-order valence-corrected chi connectivity index (χ3v) is 6.60. The largest absolute Gasteiger partial charge is 0.458 e. The van der Waals surface area contributed by atoms with Crippen molar-refractivity contribution >= 4 is 12.1 Å². The number of ether oxygens (including phenoxy) is 3. The number of rotatable bonds is 6. The van der Waals surface area contributed by atoms with Crippen molar-refractivity contribution in [3.63, 3.8) is 0 Å². The Bertz CT molecular complexity index is 577. The maximum absolute atomic E-state index is 12.8. The molecule has 0 unspecified atom stereocenters. The summed E-state index contributed by atoms with van der Waals surface area (Å²) in [6, 6.07) is -0.670. The second-order valence-electron chi connectivity index (χ2n) is 10.7. The molecule has 0 radical (unpaired) electrons. The highest BCUT2D eigenvalue weighted by molar-refractivity contribution is 5.81. The molecule has 0 aromatic heterocycles. The Balaban J connectivity index is 1.65. The quantitative estimate of drug-likeness (QED) is 0.610. The third kappa shape index (κ3) is 7.44. The molecule has 30 heavy (non-hydrogen) atoms. The summed E-state index contributed by atoms with van der Waals surface area (Å²) < 4.78 is 17.6. The van der Waals surface area contributed by atoms with Crippen molar-refractivity contribution in [2.75, 3.05) is 6.61 Å². The molecule has 4 atom stereocenters. The standard InChI is InChI=1S/C24H41NO5/c1-16-21(28-15-18-12-13-18)19(14-17-8-5-6-9-17)10-7-11-20(22(26)29-16)25-23(27)30-24(2,3)4/h16-21H,5-15H2,1-4H3,(H,25,27)/t16-,19+,20-,21-/m0/s1. The van der Waals surface area contributed by atoms with Gasteiger partial charge in [0.15, 0.2) is 0 Å². The lowest BCUT2D eigenvalue weighted by atomic mass is 9.83. The molecule has 0 bridgehead atoms. The Morgan fingerprint density at radius 1 is 1.03 bits per heavy atom. The third-order valence-electron chi connectivity index (χ3n) is 6.60. The summed E-state index contributed by atoms with van der Waals surface area (Å²) in [6.07, 6.45) is 10.4. The van der Waals surface area contributed by atoms with Crippen LogP contribution < -0.4 is 5.32 Å². The molecule has 1 amide bonds. The van der Waals surface area contributed by atoms with Crippen molar-refractivity contribution in [2.24, 2.45) is 17.8 Å². The zero-order valence-electron chi connectivity index (χ0n) is 19.3. The van der Waals surface area contributed by atoms with Gasteiger partial charge >= 0.3 is 12.1 Å². The Kier molecular flexibility index (Phi) is 8.05. The van der Waals surface area contributed by atoms with Gasteiger partial charge in [-0.1, -0.05) is 32.1 Å². The molecule has 0 aromatic rings. The molecule has 1 N–H and O–H groups in total. The van der Waals surface area contributed by atoms with E-state index in [1.54, 1.807) is 0 Å². The van der Waals surface area contributed by atoms with Crippen molar-refractivity contribution < 1.29 is 23.8 Å². The molecule has 6 nitrogen and oxygen atoms in total. The van der Waals surface area contributed by atoms with Crippen LogP contribution in [-0.2, 0) is 19.0 Å².